The van der Waals surface area contributed by atoms with Crippen LogP contribution in [-0.4, -0.2) is 28.9 Å². The van der Waals surface area contributed by atoms with E-state index in [9.17, 15) is 14.4 Å². The van der Waals surface area contributed by atoms with Gasteiger partial charge in [0.2, 0.25) is 5.91 Å². The molecule has 0 bridgehead atoms. The minimum Gasteiger partial charge on any atom is -0.445 e. The maximum Gasteiger partial charge on any atom is 0.408 e. The summed E-state index contributed by atoms with van der Waals surface area (Å²) in [5, 5.41) is 14.5. The van der Waals surface area contributed by atoms with E-state index < -0.39 is 18.1 Å². The van der Waals surface area contributed by atoms with Crippen molar-refractivity contribution in [3.05, 3.63) is 65.7 Å². The molecule has 0 radical (unpaired) electrons. The second-order valence-electron chi connectivity index (χ2n) is 7.84. The van der Waals surface area contributed by atoms with E-state index >= 15 is 0 Å². The molecule has 0 heterocycles. The molecule has 31 heavy (non-hydrogen) atoms. The van der Waals surface area contributed by atoms with Gasteiger partial charge in [-0.05, 0) is 29.2 Å². The Balaban J connectivity index is 1.87. The van der Waals surface area contributed by atoms with E-state index in [2.05, 4.69) is 10.6 Å². The van der Waals surface area contributed by atoms with Gasteiger partial charge in [0.05, 0.1) is 12.6 Å². The summed E-state index contributed by atoms with van der Waals surface area (Å²) in [6.07, 6.45) is -0.681. The van der Waals surface area contributed by atoms with Gasteiger partial charge in [-0.2, -0.15) is 0 Å². The fourth-order valence-corrected chi connectivity index (χ4v) is 2.99. The minimum atomic E-state index is -0.748. The molecule has 2 aromatic rings. The topological polar surface area (TPSA) is 105 Å². The number of hydrogen-bond acceptors (Lipinski definition) is 5. The van der Waals surface area contributed by atoms with E-state index in [4.69, 9.17) is 9.84 Å². The highest BCUT2D eigenvalue weighted by molar-refractivity contribution is 5.96. The number of nitrogens with one attached hydrogen (secondary N) is 2. The lowest BCUT2D eigenvalue weighted by atomic mass is 9.93. The number of carbonyl (C=O) groups excluding carboxylic acids is 3. The summed E-state index contributed by atoms with van der Waals surface area (Å²) >= 11 is 0. The number of amides is 2. The van der Waals surface area contributed by atoms with Gasteiger partial charge in [0, 0.05) is 18.0 Å². The monoisotopic (exact) mass is 426 g/mol. The molecule has 0 aliphatic carbocycles. The van der Waals surface area contributed by atoms with Gasteiger partial charge in [-0.1, -0.05) is 63.2 Å². The standard InChI is InChI=1S/C24H30N2O5/c1-16(2)22(26-24(30)31-15-19-7-5-4-6-8-19)21(28)13-17(3)23(29)25-20-11-9-18(14-27)10-12-20/h4-12,16-17,22,27H,13-15H2,1-3H3,(H,25,29)(H,26,30)/t17-,22-/m0/s1. The summed E-state index contributed by atoms with van der Waals surface area (Å²) in [6, 6.07) is 15.3. The predicted molar refractivity (Wildman–Crippen MR) is 118 cm³/mol. The number of ether oxygens (including phenoxy) is 1. The molecule has 0 saturated carbocycles. The number of Topliss-reactive ketones (excluding diaryl/α,β-unsaturated/α-hetero) is 1. The van der Waals surface area contributed by atoms with E-state index in [0.29, 0.717) is 5.69 Å². The Hall–Kier alpha value is -3.19. The highest BCUT2D eigenvalue weighted by atomic mass is 16.5. The highest BCUT2D eigenvalue weighted by Crippen LogP contribution is 2.15. The van der Waals surface area contributed by atoms with E-state index in [0.717, 1.165) is 11.1 Å². The van der Waals surface area contributed by atoms with Crippen molar-refractivity contribution in [2.75, 3.05) is 5.32 Å². The molecule has 2 atom stereocenters. The second-order valence-corrected chi connectivity index (χ2v) is 7.84. The van der Waals surface area contributed by atoms with Crippen LogP contribution in [0.15, 0.2) is 54.6 Å². The van der Waals surface area contributed by atoms with E-state index in [1.165, 1.54) is 0 Å². The maximum absolute atomic E-state index is 12.8. The summed E-state index contributed by atoms with van der Waals surface area (Å²) in [5.41, 5.74) is 2.18. The number of alkyl carbamates (subject to hydrolysis) is 1. The van der Waals surface area contributed by atoms with Gasteiger partial charge in [0.1, 0.15) is 6.61 Å². The van der Waals surface area contributed by atoms with Crippen molar-refractivity contribution < 1.29 is 24.2 Å². The number of benzene rings is 2. The van der Waals surface area contributed by atoms with Crippen LogP contribution in [0.3, 0.4) is 0 Å². The third-order valence-corrected chi connectivity index (χ3v) is 4.86. The van der Waals surface area contributed by atoms with Crippen LogP contribution < -0.4 is 10.6 Å². The molecule has 2 amide bonds. The number of carbonyl (C=O) groups is 3. The molecule has 3 N–H and O–H groups in total. The van der Waals surface area contributed by atoms with Crippen molar-refractivity contribution >= 4 is 23.5 Å². The first-order chi connectivity index (χ1) is 14.8. The lowest BCUT2D eigenvalue weighted by molar-refractivity contribution is -0.127. The van der Waals surface area contributed by atoms with Gasteiger partial charge in [-0.3, -0.25) is 9.59 Å². The Bertz CT molecular complexity index is 865. The average Bonchev–Trinajstić information content (AvgIpc) is 2.76. The first kappa shape index (κ1) is 24.1. The number of anilines is 1. The van der Waals surface area contributed by atoms with Gasteiger partial charge in [0.25, 0.3) is 0 Å². The number of aliphatic hydroxyl groups excluding tert-OH is 1. The first-order valence-electron chi connectivity index (χ1n) is 10.3. The van der Waals surface area contributed by atoms with Gasteiger partial charge in [0.15, 0.2) is 5.78 Å². The fraction of sp³-hybridized carbons (Fsp3) is 0.375. The fourth-order valence-electron chi connectivity index (χ4n) is 2.99. The SMILES string of the molecule is CC(C)[C@H](NC(=O)OCc1ccccc1)C(=O)C[C@H](C)C(=O)Nc1ccc(CO)cc1. The largest absolute Gasteiger partial charge is 0.445 e. The lowest BCUT2D eigenvalue weighted by Crippen LogP contribution is -2.45. The Labute approximate surface area is 182 Å². The molecule has 0 spiro atoms. The molecule has 0 saturated heterocycles. The van der Waals surface area contributed by atoms with E-state index in [-0.39, 0.29) is 37.2 Å². The van der Waals surface area contributed by atoms with Crippen LogP contribution in [0.25, 0.3) is 0 Å². The number of rotatable bonds is 10. The molecule has 2 rings (SSSR count). The summed E-state index contributed by atoms with van der Waals surface area (Å²) in [6.45, 7) is 5.36. The van der Waals surface area contributed by atoms with Crippen LogP contribution in [-0.2, 0) is 27.5 Å². The molecule has 0 aromatic heterocycles. The third-order valence-electron chi connectivity index (χ3n) is 4.86. The molecule has 0 aliphatic rings. The van der Waals surface area contributed by atoms with Crippen molar-refractivity contribution in [3.8, 4) is 0 Å². The number of hydrogen-bond donors (Lipinski definition) is 3. The quantitative estimate of drug-likeness (QED) is 0.538. The zero-order valence-electron chi connectivity index (χ0n) is 18.1. The molecular weight excluding hydrogens is 396 g/mol. The van der Waals surface area contributed by atoms with Crippen LogP contribution in [0.5, 0.6) is 0 Å². The molecular formula is C24H30N2O5. The molecule has 0 aliphatic heterocycles. The van der Waals surface area contributed by atoms with E-state index in [1.807, 2.05) is 44.2 Å². The first-order valence-corrected chi connectivity index (χ1v) is 10.3. The Morgan fingerprint density at radius 2 is 1.58 bits per heavy atom. The molecule has 166 valence electrons. The van der Waals surface area contributed by atoms with Crippen molar-refractivity contribution in [3.63, 3.8) is 0 Å². The highest BCUT2D eigenvalue weighted by Gasteiger charge is 2.28. The van der Waals surface area contributed by atoms with Crippen LogP contribution in [0.4, 0.5) is 10.5 Å². The minimum absolute atomic E-state index is 0.0115. The zero-order chi connectivity index (χ0) is 22.8. The van der Waals surface area contributed by atoms with Gasteiger partial charge < -0.3 is 20.5 Å². The summed E-state index contributed by atoms with van der Waals surface area (Å²) < 4.78 is 5.21. The number of ketones is 1. The maximum atomic E-state index is 12.8. The average molecular weight is 427 g/mol. The van der Waals surface area contributed by atoms with Crippen LogP contribution >= 0.6 is 0 Å². The van der Waals surface area contributed by atoms with Crippen LogP contribution in [0.1, 0.15) is 38.3 Å². The third kappa shape index (κ3) is 7.86. The van der Waals surface area contributed by atoms with Gasteiger partial charge in [-0.25, -0.2) is 4.79 Å². The van der Waals surface area contributed by atoms with Gasteiger partial charge in [-0.15, -0.1) is 0 Å². The molecule has 7 heteroatoms. The second kappa shape index (κ2) is 11.9. The van der Waals surface area contributed by atoms with Crippen LogP contribution in [0.2, 0.25) is 0 Å². The van der Waals surface area contributed by atoms with Crippen LogP contribution in [0, 0.1) is 11.8 Å². The normalized spacial score (nSPS) is 12.7. The molecule has 0 fully saturated rings. The summed E-state index contributed by atoms with van der Waals surface area (Å²) in [4.78, 5) is 37.4. The predicted octanol–water partition coefficient (Wildman–Crippen LogP) is 3.66. The summed E-state index contributed by atoms with van der Waals surface area (Å²) in [7, 11) is 0. The number of aliphatic hydroxyl groups is 1. The van der Waals surface area contributed by atoms with Crippen molar-refractivity contribution in [2.24, 2.45) is 11.8 Å². The summed E-state index contributed by atoms with van der Waals surface area (Å²) in [5.74, 6) is -1.25. The molecule has 7 nitrogen and oxygen atoms in total. The van der Waals surface area contributed by atoms with E-state index in [1.54, 1.807) is 31.2 Å². The Morgan fingerprint density at radius 1 is 0.935 bits per heavy atom. The lowest BCUT2D eigenvalue weighted by Gasteiger charge is -2.22. The van der Waals surface area contributed by atoms with Crippen molar-refractivity contribution in [1.82, 2.24) is 5.32 Å². The zero-order valence-corrected chi connectivity index (χ0v) is 18.1. The molecule has 0 unspecified atom stereocenters. The van der Waals surface area contributed by atoms with Gasteiger partial charge >= 0.3 is 6.09 Å². The van der Waals surface area contributed by atoms with Crippen molar-refractivity contribution in [1.29, 1.82) is 0 Å². The Morgan fingerprint density at radius 3 is 2.16 bits per heavy atom. The molecule has 2 aromatic carbocycles. The smallest absolute Gasteiger partial charge is 0.408 e. The van der Waals surface area contributed by atoms with Crippen molar-refractivity contribution in [2.45, 2.75) is 46.4 Å². The Kier molecular flexibility index (Phi) is 9.21.